The van der Waals surface area contributed by atoms with E-state index >= 15 is 0 Å². The SMILES string of the molecule is CC1(C)CN(C(=O)NCc2ccc(-n3ccnc3)nc2)CCS1. The number of carbonyl (C=O) groups excluding carboxylic acids is 1. The van der Waals surface area contributed by atoms with Gasteiger partial charge in [-0.1, -0.05) is 6.07 Å². The van der Waals surface area contributed by atoms with E-state index in [1.165, 1.54) is 0 Å². The number of aromatic nitrogens is 3. The number of pyridine rings is 1. The fourth-order valence-electron chi connectivity index (χ4n) is 2.55. The summed E-state index contributed by atoms with van der Waals surface area (Å²) in [6.07, 6.45) is 7.06. The number of amides is 2. The van der Waals surface area contributed by atoms with Gasteiger partial charge in [0.2, 0.25) is 0 Å². The second kappa shape index (κ2) is 6.62. The van der Waals surface area contributed by atoms with Gasteiger partial charge in [0.05, 0.1) is 0 Å². The summed E-state index contributed by atoms with van der Waals surface area (Å²) in [5.41, 5.74) is 0.979. The van der Waals surface area contributed by atoms with Crippen molar-refractivity contribution < 1.29 is 4.79 Å². The van der Waals surface area contributed by atoms with E-state index < -0.39 is 0 Å². The molecular weight excluding hydrogens is 310 g/mol. The van der Waals surface area contributed by atoms with Crippen LogP contribution < -0.4 is 5.32 Å². The van der Waals surface area contributed by atoms with Crippen molar-refractivity contribution in [3.63, 3.8) is 0 Å². The first-order valence-corrected chi connectivity index (χ1v) is 8.62. The van der Waals surface area contributed by atoms with Crippen LogP contribution in [0.25, 0.3) is 5.82 Å². The summed E-state index contributed by atoms with van der Waals surface area (Å²) >= 11 is 1.92. The fourth-order valence-corrected chi connectivity index (χ4v) is 3.66. The van der Waals surface area contributed by atoms with Crippen LogP contribution in [0, 0.1) is 0 Å². The van der Waals surface area contributed by atoms with Gasteiger partial charge in [-0.3, -0.25) is 4.57 Å². The Bertz CT molecular complexity index is 654. The minimum Gasteiger partial charge on any atom is -0.334 e. The van der Waals surface area contributed by atoms with Gasteiger partial charge in [0.25, 0.3) is 0 Å². The number of carbonyl (C=O) groups is 1. The minimum absolute atomic E-state index is 0.00272. The van der Waals surface area contributed by atoms with Crippen molar-refractivity contribution in [1.82, 2.24) is 24.8 Å². The standard InChI is InChI=1S/C16H21N5OS/c1-16(2)11-20(7-8-23-16)15(22)19-10-13-3-4-14(18-9-13)21-6-5-17-12-21/h3-6,9,12H,7-8,10-11H2,1-2H3,(H,19,22). The lowest BCUT2D eigenvalue weighted by Gasteiger charge is -2.37. The van der Waals surface area contributed by atoms with E-state index in [4.69, 9.17) is 0 Å². The first-order valence-electron chi connectivity index (χ1n) is 7.63. The van der Waals surface area contributed by atoms with E-state index in [2.05, 4.69) is 29.1 Å². The molecule has 0 radical (unpaired) electrons. The number of nitrogens with zero attached hydrogens (tertiary/aromatic N) is 4. The lowest BCUT2D eigenvalue weighted by atomic mass is 10.2. The van der Waals surface area contributed by atoms with Crippen LogP contribution in [0.15, 0.2) is 37.1 Å². The van der Waals surface area contributed by atoms with Crippen LogP contribution in [0.1, 0.15) is 19.4 Å². The molecule has 6 nitrogen and oxygen atoms in total. The summed E-state index contributed by atoms with van der Waals surface area (Å²) < 4.78 is 1.97. The summed E-state index contributed by atoms with van der Waals surface area (Å²) in [5, 5.41) is 2.98. The Morgan fingerprint density at radius 2 is 2.30 bits per heavy atom. The Hall–Kier alpha value is -2.02. The zero-order chi connectivity index (χ0) is 16.3. The van der Waals surface area contributed by atoms with Crippen LogP contribution in [0.5, 0.6) is 0 Å². The van der Waals surface area contributed by atoms with Crippen molar-refractivity contribution in [2.45, 2.75) is 25.1 Å². The Morgan fingerprint density at radius 3 is 2.96 bits per heavy atom. The van der Waals surface area contributed by atoms with E-state index in [0.29, 0.717) is 6.54 Å². The van der Waals surface area contributed by atoms with Crippen molar-refractivity contribution in [1.29, 1.82) is 0 Å². The minimum atomic E-state index is -0.00272. The average molecular weight is 331 g/mol. The van der Waals surface area contributed by atoms with Crippen LogP contribution in [0.4, 0.5) is 4.79 Å². The molecule has 0 spiro atoms. The first-order chi connectivity index (χ1) is 11.0. The highest BCUT2D eigenvalue weighted by Crippen LogP contribution is 2.29. The van der Waals surface area contributed by atoms with Crippen LogP contribution in [-0.2, 0) is 6.54 Å². The van der Waals surface area contributed by atoms with Gasteiger partial charge in [0.1, 0.15) is 12.1 Å². The van der Waals surface area contributed by atoms with Gasteiger partial charge >= 0.3 is 6.03 Å². The Morgan fingerprint density at radius 1 is 1.43 bits per heavy atom. The molecule has 3 rings (SSSR count). The maximum Gasteiger partial charge on any atom is 0.317 e. The molecule has 2 amide bonds. The van der Waals surface area contributed by atoms with E-state index in [1.807, 2.05) is 39.6 Å². The Balaban J connectivity index is 1.55. The molecule has 0 unspecified atom stereocenters. The maximum atomic E-state index is 12.3. The highest BCUT2D eigenvalue weighted by atomic mass is 32.2. The molecule has 1 aliphatic rings. The maximum absolute atomic E-state index is 12.3. The summed E-state index contributed by atoms with van der Waals surface area (Å²) in [6, 6.07) is 3.89. The van der Waals surface area contributed by atoms with Gasteiger partial charge in [-0.2, -0.15) is 11.8 Å². The highest BCUT2D eigenvalue weighted by molar-refractivity contribution is 8.00. The molecule has 7 heteroatoms. The predicted molar refractivity (Wildman–Crippen MR) is 91.7 cm³/mol. The van der Waals surface area contributed by atoms with Crippen LogP contribution >= 0.6 is 11.8 Å². The molecule has 2 aromatic heterocycles. The smallest absolute Gasteiger partial charge is 0.317 e. The molecule has 1 N–H and O–H groups in total. The number of thioether (sulfide) groups is 1. The number of urea groups is 1. The summed E-state index contributed by atoms with van der Waals surface area (Å²) in [5.74, 6) is 1.80. The lowest BCUT2D eigenvalue weighted by Crippen LogP contribution is -2.49. The molecule has 0 atom stereocenters. The number of imidazole rings is 1. The van der Waals surface area contributed by atoms with Gasteiger partial charge in [0, 0.05) is 48.7 Å². The highest BCUT2D eigenvalue weighted by Gasteiger charge is 2.29. The topological polar surface area (TPSA) is 63.1 Å². The number of nitrogens with one attached hydrogen (secondary N) is 1. The van der Waals surface area contributed by atoms with Crippen LogP contribution in [0.2, 0.25) is 0 Å². The second-order valence-corrected chi connectivity index (χ2v) is 7.99. The van der Waals surface area contributed by atoms with Crippen molar-refractivity contribution in [3.8, 4) is 5.82 Å². The van der Waals surface area contributed by atoms with Gasteiger partial charge in [0.15, 0.2) is 0 Å². The zero-order valence-corrected chi connectivity index (χ0v) is 14.2. The molecule has 0 saturated carbocycles. The Kier molecular flexibility index (Phi) is 4.56. The molecule has 3 heterocycles. The molecule has 23 heavy (non-hydrogen) atoms. The molecule has 2 aromatic rings. The third-order valence-corrected chi connectivity index (χ3v) is 5.03. The average Bonchev–Trinajstić information content (AvgIpc) is 3.06. The summed E-state index contributed by atoms with van der Waals surface area (Å²) in [4.78, 5) is 22.6. The van der Waals surface area contributed by atoms with Gasteiger partial charge in [-0.05, 0) is 25.5 Å². The van der Waals surface area contributed by atoms with E-state index in [1.54, 1.807) is 18.7 Å². The van der Waals surface area contributed by atoms with Crippen molar-refractivity contribution >= 4 is 17.8 Å². The quantitative estimate of drug-likeness (QED) is 0.937. The molecule has 1 fully saturated rings. The molecule has 1 saturated heterocycles. The monoisotopic (exact) mass is 331 g/mol. The zero-order valence-electron chi connectivity index (χ0n) is 13.4. The molecule has 1 aliphatic heterocycles. The summed E-state index contributed by atoms with van der Waals surface area (Å²) in [6.45, 7) is 6.42. The second-order valence-electron chi connectivity index (χ2n) is 6.18. The third kappa shape index (κ3) is 4.04. The van der Waals surface area contributed by atoms with Crippen molar-refractivity contribution in [2.75, 3.05) is 18.8 Å². The van der Waals surface area contributed by atoms with Gasteiger partial charge in [-0.25, -0.2) is 14.8 Å². The largest absolute Gasteiger partial charge is 0.334 e. The third-order valence-electron chi connectivity index (χ3n) is 3.73. The summed E-state index contributed by atoms with van der Waals surface area (Å²) in [7, 11) is 0. The first kappa shape index (κ1) is 15.9. The van der Waals surface area contributed by atoms with Gasteiger partial charge < -0.3 is 10.2 Å². The molecular formula is C16H21N5OS. The van der Waals surface area contributed by atoms with Crippen LogP contribution in [-0.4, -0.2) is 49.1 Å². The number of hydrogen-bond acceptors (Lipinski definition) is 4. The fraction of sp³-hybridized carbons (Fsp3) is 0.438. The van der Waals surface area contributed by atoms with Crippen LogP contribution in [0.3, 0.4) is 0 Å². The van der Waals surface area contributed by atoms with Crippen molar-refractivity contribution in [3.05, 3.63) is 42.6 Å². The molecule has 0 aromatic carbocycles. The Labute approximate surface area is 140 Å². The number of hydrogen-bond donors (Lipinski definition) is 1. The number of rotatable bonds is 3. The normalized spacial score (nSPS) is 17.0. The molecule has 0 bridgehead atoms. The molecule has 122 valence electrons. The van der Waals surface area contributed by atoms with Gasteiger partial charge in [-0.15, -0.1) is 0 Å². The predicted octanol–water partition coefficient (Wildman–Crippen LogP) is 2.30. The van der Waals surface area contributed by atoms with E-state index in [-0.39, 0.29) is 10.8 Å². The van der Waals surface area contributed by atoms with E-state index in [9.17, 15) is 4.79 Å². The lowest BCUT2D eigenvalue weighted by molar-refractivity contribution is 0.194. The molecule has 0 aliphatic carbocycles. The van der Waals surface area contributed by atoms with Crippen molar-refractivity contribution in [2.24, 2.45) is 0 Å². The van der Waals surface area contributed by atoms with E-state index in [0.717, 1.165) is 30.2 Å².